The van der Waals surface area contributed by atoms with Crippen LogP contribution in [-0.2, 0) is 9.47 Å². The monoisotopic (exact) mass is 284 g/mol. The van der Waals surface area contributed by atoms with Crippen LogP contribution in [0.3, 0.4) is 0 Å². The normalized spacial score (nSPS) is 18.0. The maximum absolute atomic E-state index is 5.58. The molecule has 0 saturated carbocycles. The molecule has 1 saturated heterocycles. The highest BCUT2D eigenvalue weighted by Crippen LogP contribution is 2.30. The summed E-state index contributed by atoms with van der Waals surface area (Å²) in [6.45, 7) is 5.95. The number of halogens is 1. The Morgan fingerprint density at radius 1 is 1.25 bits per heavy atom. The molecule has 1 aromatic rings. The smallest absolute Gasteiger partial charge is 0.183 e. The van der Waals surface area contributed by atoms with E-state index in [9.17, 15) is 0 Å². The van der Waals surface area contributed by atoms with Crippen LogP contribution in [0.4, 0.5) is 0 Å². The average Bonchev–Trinajstić information content (AvgIpc) is 2.29. The summed E-state index contributed by atoms with van der Waals surface area (Å²) >= 11 is 3.60. The van der Waals surface area contributed by atoms with Gasteiger partial charge in [0.05, 0.1) is 13.2 Å². The van der Waals surface area contributed by atoms with Gasteiger partial charge in [-0.2, -0.15) is 0 Å². The number of ether oxygens (including phenoxy) is 2. The van der Waals surface area contributed by atoms with Gasteiger partial charge in [0, 0.05) is 10.0 Å². The van der Waals surface area contributed by atoms with Crippen molar-refractivity contribution in [3.8, 4) is 0 Å². The summed E-state index contributed by atoms with van der Waals surface area (Å²) in [4.78, 5) is 0. The topological polar surface area (TPSA) is 18.5 Å². The molecule has 2 nitrogen and oxygen atoms in total. The standard InChI is InChI=1S/C13H17BrO2/c1-9(2)11-5-4-10(8-12(11)14)13-15-6-3-7-16-13/h4-5,8-9,13H,3,6-7H2,1-2H3. The lowest BCUT2D eigenvalue weighted by molar-refractivity contribution is -0.183. The lowest BCUT2D eigenvalue weighted by atomic mass is 10.0. The Labute approximate surface area is 105 Å². The fraction of sp³-hybridized carbons (Fsp3) is 0.538. The SMILES string of the molecule is CC(C)c1ccc(C2OCCCO2)cc1Br. The van der Waals surface area contributed by atoms with Crippen LogP contribution in [0.5, 0.6) is 0 Å². The maximum Gasteiger partial charge on any atom is 0.183 e. The summed E-state index contributed by atoms with van der Waals surface area (Å²) in [5.74, 6) is 0.525. The second kappa shape index (κ2) is 5.30. The minimum atomic E-state index is -0.189. The van der Waals surface area contributed by atoms with Gasteiger partial charge in [0.1, 0.15) is 0 Å². The van der Waals surface area contributed by atoms with Crippen LogP contribution in [0.15, 0.2) is 22.7 Å². The lowest BCUT2D eigenvalue weighted by Gasteiger charge is -2.24. The Bertz CT molecular complexity index is 357. The van der Waals surface area contributed by atoms with Gasteiger partial charge >= 0.3 is 0 Å². The predicted octanol–water partition coefficient (Wildman–Crippen LogP) is 4.01. The van der Waals surface area contributed by atoms with Crippen LogP contribution in [0, 0.1) is 0 Å². The molecule has 0 radical (unpaired) electrons. The molecule has 2 rings (SSSR count). The van der Waals surface area contributed by atoms with E-state index in [1.165, 1.54) is 5.56 Å². The van der Waals surface area contributed by atoms with Crippen molar-refractivity contribution in [2.24, 2.45) is 0 Å². The van der Waals surface area contributed by atoms with E-state index in [0.29, 0.717) is 5.92 Å². The average molecular weight is 285 g/mol. The van der Waals surface area contributed by atoms with Gasteiger partial charge in [0.2, 0.25) is 0 Å². The maximum atomic E-state index is 5.58. The molecule has 3 heteroatoms. The summed E-state index contributed by atoms with van der Waals surface area (Å²) in [5, 5.41) is 0. The van der Waals surface area contributed by atoms with Gasteiger partial charge in [-0.3, -0.25) is 0 Å². The van der Waals surface area contributed by atoms with Crippen LogP contribution in [0.1, 0.15) is 43.6 Å². The third-order valence-corrected chi connectivity index (χ3v) is 3.43. The summed E-state index contributed by atoms with van der Waals surface area (Å²) in [6.07, 6.45) is 0.799. The molecule has 1 fully saturated rings. The molecular weight excluding hydrogens is 268 g/mol. The molecule has 0 aromatic heterocycles. The molecule has 1 aromatic carbocycles. The molecule has 0 aliphatic carbocycles. The van der Waals surface area contributed by atoms with Gasteiger partial charge in [-0.15, -0.1) is 0 Å². The van der Waals surface area contributed by atoms with Crippen molar-refractivity contribution in [2.45, 2.75) is 32.5 Å². The first kappa shape index (κ1) is 12.1. The summed E-state index contributed by atoms with van der Waals surface area (Å²) in [7, 11) is 0. The van der Waals surface area contributed by atoms with E-state index in [2.05, 4.69) is 48.0 Å². The second-order valence-corrected chi connectivity index (χ2v) is 5.22. The minimum absolute atomic E-state index is 0.189. The van der Waals surface area contributed by atoms with Crippen molar-refractivity contribution in [1.82, 2.24) is 0 Å². The van der Waals surface area contributed by atoms with Crippen LogP contribution in [0.2, 0.25) is 0 Å². The first-order valence-electron chi connectivity index (χ1n) is 5.71. The van der Waals surface area contributed by atoms with Crippen molar-refractivity contribution in [2.75, 3.05) is 13.2 Å². The zero-order valence-corrected chi connectivity index (χ0v) is 11.3. The van der Waals surface area contributed by atoms with E-state index < -0.39 is 0 Å². The molecule has 1 heterocycles. The molecule has 0 spiro atoms. The van der Waals surface area contributed by atoms with E-state index >= 15 is 0 Å². The van der Waals surface area contributed by atoms with Gasteiger partial charge in [0.25, 0.3) is 0 Å². The van der Waals surface area contributed by atoms with Gasteiger partial charge in [-0.25, -0.2) is 0 Å². The first-order chi connectivity index (χ1) is 7.68. The van der Waals surface area contributed by atoms with E-state index in [1.54, 1.807) is 0 Å². The number of hydrogen-bond acceptors (Lipinski definition) is 2. The van der Waals surface area contributed by atoms with Gasteiger partial charge in [0.15, 0.2) is 6.29 Å². The van der Waals surface area contributed by atoms with E-state index in [0.717, 1.165) is 29.7 Å². The zero-order valence-electron chi connectivity index (χ0n) is 9.70. The van der Waals surface area contributed by atoms with E-state index in [1.807, 2.05) is 0 Å². The molecule has 0 unspecified atom stereocenters. The Hall–Kier alpha value is -0.380. The van der Waals surface area contributed by atoms with Crippen LogP contribution in [-0.4, -0.2) is 13.2 Å². The van der Waals surface area contributed by atoms with E-state index in [-0.39, 0.29) is 6.29 Å². The molecule has 0 N–H and O–H groups in total. The lowest BCUT2D eigenvalue weighted by Crippen LogP contribution is -2.17. The van der Waals surface area contributed by atoms with Crippen molar-refractivity contribution in [1.29, 1.82) is 0 Å². The third-order valence-electron chi connectivity index (χ3n) is 2.75. The molecule has 0 bridgehead atoms. The summed E-state index contributed by atoms with van der Waals surface area (Å²) in [6, 6.07) is 6.34. The highest BCUT2D eigenvalue weighted by Gasteiger charge is 2.17. The van der Waals surface area contributed by atoms with Crippen LogP contribution in [0.25, 0.3) is 0 Å². The molecule has 88 valence electrons. The van der Waals surface area contributed by atoms with Gasteiger partial charge < -0.3 is 9.47 Å². The quantitative estimate of drug-likeness (QED) is 0.817. The van der Waals surface area contributed by atoms with Crippen LogP contribution < -0.4 is 0 Å². The second-order valence-electron chi connectivity index (χ2n) is 4.36. The third kappa shape index (κ3) is 2.65. The number of rotatable bonds is 2. The molecule has 1 aliphatic rings. The van der Waals surface area contributed by atoms with Crippen molar-refractivity contribution in [3.05, 3.63) is 33.8 Å². The molecule has 0 atom stereocenters. The van der Waals surface area contributed by atoms with Crippen LogP contribution >= 0.6 is 15.9 Å². The van der Waals surface area contributed by atoms with Crippen molar-refractivity contribution >= 4 is 15.9 Å². The zero-order chi connectivity index (χ0) is 11.5. The molecule has 1 aliphatic heterocycles. The van der Waals surface area contributed by atoms with Crippen molar-refractivity contribution < 1.29 is 9.47 Å². The highest BCUT2D eigenvalue weighted by atomic mass is 79.9. The molecule has 16 heavy (non-hydrogen) atoms. The Balaban J connectivity index is 2.19. The predicted molar refractivity (Wildman–Crippen MR) is 67.5 cm³/mol. The van der Waals surface area contributed by atoms with E-state index in [4.69, 9.17) is 9.47 Å². The van der Waals surface area contributed by atoms with Gasteiger partial charge in [-0.1, -0.05) is 41.9 Å². The fourth-order valence-corrected chi connectivity index (χ4v) is 2.69. The Morgan fingerprint density at radius 3 is 2.50 bits per heavy atom. The minimum Gasteiger partial charge on any atom is -0.348 e. The number of benzene rings is 1. The largest absolute Gasteiger partial charge is 0.348 e. The number of hydrogen-bond donors (Lipinski definition) is 0. The fourth-order valence-electron chi connectivity index (χ4n) is 1.84. The highest BCUT2D eigenvalue weighted by molar-refractivity contribution is 9.10. The Morgan fingerprint density at radius 2 is 1.94 bits per heavy atom. The Kier molecular flexibility index (Phi) is 4.00. The first-order valence-corrected chi connectivity index (χ1v) is 6.50. The summed E-state index contributed by atoms with van der Waals surface area (Å²) < 4.78 is 12.3. The summed E-state index contributed by atoms with van der Waals surface area (Å²) in [5.41, 5.74) is 2.41. The van der Waals surface area contributed by atoms with Gasteiger partial charge in [-0.05, 0) is 24.0 Å². The molecule has 0 amide bonds. The molecular formula is C13H17BrO2. The van der Waals surface area contributed by atoms with Crippen molar-refractivity contribution in [3.63, 3.8) is 0 Å².